The van der Waals surface area contributed by atoms with E-state index in [-0.39, 0.29) is 34.7 Å². The van der Waals surface area contributed by atoms with Crippen LogP contribution in [-0.2, 0) is 0 Å². The Kier molecular flexibility index (Phi) is 3.98. The van der Waals surface area contributed by atoms with Gasteiger partial charge in [-0.2, -0.15) is 5.26 Å². The van der Waals surface area contributed by atoms with E-state index in [1.807, 2.05) is 6.07 Å². The number of nitro groups is 1. The molecule has 0 spiro atoms. The van der Waals surface area contributed by atoms with Crippen molar-refractivity contribution in [3.8, 4) is 6.07 Å². The molecular weight excluding hydrogens is 275 g/mol. The minimum Gasteiger partial charge on any atom is -0.367 e. The molecule has 6 nitrogen and oxygen atoms in total. The normalized spacial score (nSPS) is 11.9. The SMILES string of the molecule is CC(CC#N)N(C)c1c(F)cc([N+](=O)[O-])c2cccnc12. The lowest BCUT2D eigenvalue weighted by Crippen LogP contribution is -2.29. The van der Waals surface area contributed by atoms with Crippen molar-refractivity contribution in [2.24, 2.45) is 0 Å². The number of fused-ring (bicyclic) bond motifs is 1. The van der Waals surface area contributed by atoms with Crippen LogP contribution in [0.3, 0.4) is 0 Å². The van der Waals surface area contributed by atoms with E-state index < -0.39 is 10.7 Å². The zero-order valence-corrected chi connectivity index (χ0v) is 11.6. The van der Waals surface area contributed by atoms with E-state index in [0.717, 1.165) is 6.07 Å². The lowest BCUT2D eigenvalue weighted by atomic mass is 10.1. The van der Waals surface area contributed by atoms with Crippen molar-refractivity contribution in [2.75, 3.05) is 11.9 Å². The van der Waals surface area contributed by atoms with Gasteiger partial charge in [0.25, 0.3) is 5.69 Å². The molecule has 0 radical (unpaired) electrons. The Balaban J connectivity index is 2.71. The van der Waals surface area contributed by atoms with E-state index in [2.05, 4.69) is 4.98 Å². The van der Waals surface area contributed by atoms with E-state index in [4.69, 9.17) is 5.26 Å². The minimum absolute atomic E-state index is 0.166. The standard InChI is InChI=1S/C14H13FN4O2/c1-9(5-6-16)18(2)14-11(15)8-12(19(20)21)10-4-3-7-17-13(10)14/h3-4,7-9H,5H2,1-2H3. The van der Waals surface area contributed by atoms with E-state index >= 15 is 0 Å². The van der Waals surface area contributed by atoms with Crippen LogP contribution in [0.2, 0.25) is 0 Å². The zero-order valence-electron chi connectivity index (χ0n) is 11.6. The summed E-state index contributed by atoms with van der Waals surface area (Å²) in [6, 6.07) is 5.78. The van der Waals surface area contributed by atoms with Gasteiger partial charge in [-0.1, -0.05) is 0 Å². The highest BCUT2D eigenvalue weighted by molar-refractivity contribution is 5.97. The molecule has 0 fully saturated rings. The molecule has 1 aromatic heterocycles. The maximum Gasteiger partial charge on any atom is 0.281 e. The Morgan fingerprint density at radius 2 is 2.33 bits per heavy atom. The highest BCUT2D eigenvalue weighted by Gasteiger charge is 2.24. The van der Waals surface area contributed by atoms with Crippen LogP contribution in [-0.4, -0.2) is 23.0 Å². The number of aromatic nitrogens is 1. The van der Waals surface area contributed by atoms with Crippen molar-refractivity contribution in [1.82, 2.24) is 4.98 Å². The highest BCUT2D eigenvalue weighted by Crippen LogP contribution is 2.35. The number of hydrogen-bond acceptors (Lipinski definition) is 5. The second-order valence-corrected chi connectivity index (χ2v) is 4.70. The van der Waals surface area contributed by atoms with Gasteiger partial charge in [-0.3, -0.25) is 15.1 Å². The Labute approximate surface area is 120 Å². The van der Waals surface area contributed by atoms with Gasteiger partial charge >= 0.3 is 0 Å². The number of pyridine rings is 1. The Bertz CT molecular complexity index is 742. The number of benzene rings is 1. The number of anilines is 1. The molecule has 0 bridgehead atoms. The molecule has 1 aromatic carbocycles. The molecule has 0 N–H and O–H groups in total. The van der Waals surface area contributed by atoms with Gasteiger partial charge in [-0.05, 0) is 19.1 Å². The summed E-state index contributed by atoms with van der Waals surface area (Å²) < 4.78 is 14.3. The number of nitriles is 1. The van der Waals surface area contributed by atoms with Crippen LogP contribution in [0.5, 0.6) is 0 Å². The number of hydrogen-bond donors (Lipinski definition) is 0. The topological polar surface area (TPSA) is 83.1 Å². The number of non-ortho nitro benzene ring substituents is 1. The summed E-state index contributed by atoms with van der Waals surface area (Å²) in [6.45, 7) is 1.78. The summed E-state index contributed by atoms with van der Waals surface area (Å²) in [5.41, 5.74) is 0.0659. The predicted octanol–water partition coefficient (Wildman–Crippen LogP) is 3.02. The number of rotatable bonds is 4. The van der Waals surface area contributed by atoms with E-state index in [1.165, 1.54) is 12.3 Å². The first-order valence-corrected chi connectivity index (χ1v) is 6.28. The average molecular weight is 288 g/mol. The smallest absolute Gasteiger partial charge is 0.281 e. The number of halogens is 1. The third-order valence-electron chi connectivity index (χ3n) is 3.39. The number of nitro benzene ring substituents is 1. The maximum absolute atomic E-state index is 14.3. The number of nitrogens with zero attached hydrogens (tertiary/aromatic N) is 4. The fraction of sp³-hybridized carbons (Fsp3) is 0.286. The van der Waals surface area contributed by atoms with Gasteiger partial charge in [-0.25, -0.2) is 4.39 Å². The fourth-order valence-electron chi connectivity index (χ4n) is 2.16. The van der Waals surface area contributed by atoms with E-state index in [0.29, 0.717) is 0 Å². The fourth-order valence-corrected chi connectivity index (χ4v) is 2.16. The third kappa shape index (κ3) is 2.60. The lowest BCUT2D eigenvalue weighted by Gasteiger charge is -2.26. The van der Waals surface area contributed by atoms with Gasteiger partial charge in [0, 0.05) is 19.3 Å². The second-order valence-electron chi connectivity index (χ2n) is 4.70. The van der Waals surface area contributed by atoms with Gasteiger partial charge in [0.2, 0.25) is 0 Å². The van der Waals surface area contributed by atoms with Crippen molar-refractivity contribution in [1.29, 1.82) is 5.26 Å². The minimum atomic E-state index is -0.722. The van der Waals surface area contributed by atoms with Gasteiger partial charge in [0.1, 0.15) is 11.2 Å². The van der Waals surface area contributed by atoms with Crippen LogP contribution in [0.15, 0.2) is 24.4 Å². The molecule has 0 saturated heterocycles. The van der Waals surface area contributed by atoms with Gasteiger partial charge in [-0.15, -0.1) is 0 Å². The first kappa shape index (κ1) is 14.7. The first-order chi connectivity index (χ1) is 9.97. The summed E-state index contributed by atoms with van der Waals surface area (Å²) in [7, 11) is 1.64. The molecule has 1 unspecified atom stereocenters. The van der Waals surface area contributed by atoms with Gasteiger partial charge < -0.3 is 4.90 Å². The molecule has 2 aromatic rings. The molecular formula is C14H13FN4O2. The molecule has 0 aliphatic heterocycles. The summed E-state index contributed by atoms with van der Waals surface area (Å²) in [5, 5.41) is 20.1. The monoisotopic (exact) mass is 288 g/mol. The van der Waals surface area contributed by atoms with E-state index in [9.17, 15) is 14.5 Å². The second kappa shape index (κ2) is 5.71. The molecule has 0 aliphatic rings. The van der Waals surface area contributed by atoms with Crippen LogP contribution < -0.4 is 4.90 Å². The summed E-state index contributed by atoms with van der Waals surface area (Å²) in [5.74, 6) is -0.722. The van der Waals surface area contributed by atoms with Crippen molar-refractivity contribution < 1.29 is 9.31 Å². The Hall–Kier alpha value is -2.75. The molecule has 7 heteroatoms. The Morgan fingerprint density at radius 3 is 2.95 bits per heavy atom. The zero-order chi connectivity index (χ0) is 15.6. The van der Waals surface area contributed by atoms with Crippen molar-refractivity contribution in [3.05, 3.63) is 40.3 Å². The van der Waals surface area contributed by atoms with E-state index in [1.54, 1.807) is 24.9 Å². The van der Waals surface area contributed by atoms with Crippen molar-refractivity contribution in [3.63, 3.8) is 0 Å². The summed E-state index contributed by atoms with van der Waals surface area (Å²) >= 11 is 0. The largest absolute Gasteiger partial charge is 0.367 e. The molecule has 2 rings (SSSR count). The van der Waals surface area contributed by atoms with Gasteiger partial charge in [0.15, 0.2) is 5.82 Å². The van der Waals surface area contributed by atoms with Crippen LogP contribution >= 0.6 is 0 Å². The van der Waals surface area contributed by atoms with Crippen LogP contribution in [0, 0.1) is 27.3 Å². The maximum atomic E-state index is 14.3. The van der Waals surface area contributed by atoms with Crippen LogP contribution in [0.1, 0.15) is 13.3 Å². The summed E-state index contributed by atoms with van der Waals surface area (Å²) in [4.78, 5) is 16.1. The highest BCUT2D eigenvalue weighted by atomic mass is 19.1. The molecule has 0 aliphatic carbocycles. The van der Waals surface area contributed by atoms with Crippen molar-refractivity contribution in [2.45, 2.75) is 19.4 Å². The molecule has 21 heavy (non-hydrogen) atoms. The molecule has 0 amide bonds. The molecule has 0 saturated carbocycles. The lowest BCUT2D eigenvalue weighted by molar-refractivity contribution is -0.383. The Morgan fingerprint density at radius 1 is 1.62 bits per heavy atom. The summed E-state index contributed by atoms with van der Waals surface area (Å²) in [6.07, 6.45) is 1.67. The molecule has 108 valence electrons. The average Bonchev–Trinajstić information content (AvgIpc) is 2.45. The quantitative estimate of drug-likeness (QED) is 0.638. The van der Waals surface area contributed by atoms with Crippen LogP contribution in [0.25, 0.3) is 10.9 Å². The van der Waals surface area contributed by atoms with Crippen molar-refractivity contribution >= 4 is 22.3 Å². The van der Waals surface area contributed by atoms with Gasteiger partial charge in [0.05, 0.1) is 28.9 Å². The van der Waals surface area contributed by atoms with Crippen LogP contribution in [0.4, 0.5) is 15.8 Å². The molecule has 1 heterocycles. The predicted molar refractivity (Wildman–Crippen MR) is 76.5 cm³/mol. The third-order valence-corrected chi connectivity index (χ3v) is 3.39. The first-order valence-electron chi connectivity index (χ1n) is 6.28. The molecule has 1 atom stereocenters.